The standard InChI is InChI=1S/C23H22N6O2/c30-21-10-14(23(31)28-21)9-15-12-24-29-20(25-16-6-7-16)11-19(27-22(15)29)26-18-8-5-13-3-1-2-4-17(13)18/h1-4,9-12,16,18,26,28,30-31H,5-8H2. The minimum atomic E-state index is -0.100. The highest BCUT2D eigenvalue weighted by Gasteiger charge is 2.23. The first-order valence-corrected chi connectivity index (χ1v) is 10.5. The first kappa shape index (κ1) is 18.0. The van der Waals surface area contributed by atoms with Crippen molar-refractivity contribution >= 4 is 17.5 Å². The molecule has 1 unspecified atom stereocenters. The molecule has 156 valence electrons. The van der Waals surface area contributed by atoms with E-state index >= 15 is 0 Å². The van der Waals surface area contributed by atoms with Crippen molar-refractivity contribution in [2.75, 3.05) is 5.32 Å². The second-order valence-corrected chi connectivity index (χ2v) is 8.23. The van der Waals surface area contributed by atoms with Crippen LogP contribution in [0.5, 0.6) is 11.8 Å². The van der Waals surface area contributed by atoms with Crippen molar-refractivity contribution in [2.24, 2.45) is 4.99 Å². The zero-order chi connectivity index (χ0) is 20.9. The van der Waals surface area contributed by atoms with Crippen molar-refractivity contribution in [3.8, 4) is 11.8 Å². The summed E-state index contributed by atoms with van der Waals surface area (Å²) in [5.74, 6) is 0.557. The van der Waals surface area contributed by atoms with Gasteiger partial charge in [0, 0.05) is 22.9 Å². The maximum Gasteiger partial charge on any atom is 0.198 e. The third kappa shape index (κ3) is 3.30. The molecular weight excluding hydrogens is 392 g/mol. The van der Waals surface area contributed by atoms with Gasteiger partial charge < -0.3 is 15.5 Å². The number of aryl methyl sites for hydroxylation is 1. The van der Waals surface area contributed by atoms with Gasteiger partial charge in [0.1, 0.15) is 5.82 Å². The van der Waals surface area contributed by atoms with Crippen molar-refractivity contribution in [1.82, 2.24) is 19.6 Å². The Balaban J connectivity index is 1.47. The van der Waals surface area contributed by atoms with Gasteiger partial charge in [-0.15, -0.1) is 0 Å². The third-order valence-corrected chi connectivity index (χ3v) is 5.92. The number of nitrogens with zero attached hydrogens (tertiary/aromatic N) is 4. The van der Waals surface area contributed by atoms with Gasteiger partial charge in [-0.2, -0.15) is 9.61 Å². The maximum atomic E-state index is 10.00. The Kier molecular flexibility index (Phi) is 3.99. The lowest BCUT2D eigenvalue weighted by molar-refractivity contribution is 0.425. The van der Waals surface area contributed by atoms with E-state index in [4.69, 9.17) is 9.98 Å². The van der Waals surface area contributed by atoms with Gasteiger partial charge in [0.05, 0.1) is 18.3 Å². The highest BCUT2D eigenvalue weighted by atomic mass is 16.3. The molecule has 6 rings (SSSR count). The lowest BCUT2D eigenvalue weighted by Gasteiger charge is -2.15. The summed E-state index contributed by atoms with van der Waals surface area (Å²) in [5.41, 5.74) is 4.58. The molecule has 1 aromatic carbocycles. The van der Waals surface area contributed by atoms with E-state index in [0.717, 1.165) is 42.2 Å². The number of H-pyrrole nitrogens is 1. The van der Waals surface area contributed by atoms with Crippen molar-refractivity contribution in [1.29, 1.82) is 0 Å². The summed E-state index contributed by atoms with van der Waals surface area (Å²) >= 11 is 0. The number of aromatic nitrogens is 4. The van der Waals surface area contributed by atoms with Crippen molar-refractivity contribution in [3.63, 3.8) is 0 Å². The van der Waals surface area contributed by atoms with Crippen LogP contribution in [-0.4, -0.2) is 35.8 Å². The third-order valence-electron chi connectivity index (χ3n) is 5.92. The number of rotatable bonds is 4. The molecule has 2 aliphatic carbocycles. The normalized spacial score (nSPS) is 19.3. The zero-order valence-corrected chi connectivity index (χ0v) is 16.8. The molecule has 0 radical (unpaired) electrons. The predicted octanol–water partition coefficient (Wildman–Crippen LogP) is 2.18. The molecule has 1 atom stereocenters. The number of hydrogen-bond acceptors (Lipinski definition) is 6. The van der Waals surface area contributed by atoms with E-state index in [1.807, 2.05) is 6.07 Å². The summed E-state index contributed by atoms with van der Waals surface area (Å²) in [6, 6.07) is 12.5. The first-order chi connectivity index (χ1) is 15.1. The lowest BCUT2D eigenvalue weighted by atomic mass is 10.1. The van der Waals surface area contributed by atoms with E-state index in [9.17, 15) is 10.2 Å². The fraction of sp³-hybridized carbons (Fsp3) is 0.261. The van der Waals surface area contributed by atoms with E-state index in [2.05, 4.69) is 39.7 Å². The molecule has 2 aliphatic rings. The van der Waals surface area contributed by atoms with Crippen LogP contribution < -0.4 is 16.0 Å². The summed E-state index contributed by atoms with van der Waals surface area (Å²) in [6.45, 7) is 0. The summed E-state index contributed by atoms with van der Waals surface area (Å²) in [6.07, 6.45) is 7.72. The molecule has 1 saturated carbocycles. The molecule has 0 amide bonds. The average Bonchev–Trinajstić information content (AvgIpc) is 3.20. The van der Waals surface area contributed by atoms with Crippen molar-refractivity contribution < 1.29 is 10.2 Å². The SMILES string of the molecule is Oc1cc(C=c2cnn3c(=NC4CC4)cc(NC4CCc5ccccc54)nc23)c(O)[nH]1. The number of fused-ring (bicyclic) bond motifs is 2. The molecular formula is C23H22N6O2. The average molecular weight is 414 g/mol. The van der Waals surface area contributed by atoms with E-state index < -0.39 is 0 Å². The van der Waals surface area contributed by atoms with Gasteiger partial charge >= 0.3 is 0 Å². The molecule has 4 aromatic rings. The molecule has 8 heteroatoms. The Bertz CT molecular complexity index is 1420. The van der Waals surface area contributed by atoms with E-state index in [0.29, 0.717) is 17.3 Å². The highest BCUT2D eigenvalue weighted by Crippen LogP contribution is 2.33. The Morgan fingerprint density at radius 1 is 1.16 bits per heavy atom. The van der Waals surface area contributed by atoms with E-state index in [-0.39, 0.29) is 17.8 Å². The van der Waals surface area contributed by atoms with Gasteiger partial charge in [-0.1, -0.05) is 24.3 Å². The highest BCUT2D eigenvalue weighted by molar-refractivity contribution is 5.62. The number of nitrogens with one attached hydrogen (secondary N) is 2. The van der Waals surface area contributed by atoms with Crippen LogP contribution in [0.3, 0.4) is 0 Å². The number of aromatic hydroxyl groups is 2. The van der Waals surface area contributed by atoms with Crippen LogP contribution in [0.25, 0.3) is 11.7 Å². The smallest absolute Gasteiger partial charge is 0.198 e. The van der Waals surface area contributed by atoms with Gasteiger partial charge in [-0.25, -0.2) is 4.98 Å². The van der Waals surface area contributed by atoms with E-state index in [1.54, 1.807) is 16.8 Å². The molecule has 0 bridgehead atoms. The van der Waals surface area contributed by atoms with Crippen molar-refractivity contribution in [2.45, 2.75) is 37.8 Å². The van der Waals surface area contributed by atoms with Gasteiger partial charge in [-0.3, -0.25) is 9.98 Å². The molecule has 31 heavy (non-hydrogen) atoms. The monoisotopic (exact) mass is 414 g/mol. The molecule has 4 N–H and O–H groups in total. The Morgan fingerprint density at radius 2 is 2.03 bits per heavy atom. The molecule has 1 fully saturated rings. The lowest BCUT2D eigenvalue weighted by Crippen LogP contribution is -2.21. The minimum Gasteiger partial charge on any atom is -0.494 e. The van der Waals surface area contributed by atoms with Crippen molar-refractivity contribution in [3.05, 3.63) is 70.0 Å². The fourth-order valence-electron chi connectivity index (χ4n) is 4.23. The molecule has 3 heterocycles. The van der Waals surface area contributed by atoms with Crippen LogP contribution in [0.15, 0.2) is 47.6 Å². The molecule has 0 spiro atoms. The zero-order valence-electron chi connectivity index (χ0n) is 16.8. The Morgan fingerprint density at radius 3 is 2.84 bits per heavy atom. The summed E-state index contributed by atoms with van der Waals surface area (Å²) in [7, 11) is 0. The summed E-state index contributed by atoms with van der Waals surface area (Å²) in [5, 5.41) is 28.4. The summed E-state index contributed by atoms with van der Waals surface area (Å²) in [4.78, 5) is 12.2. The second-order valence-electron chi connectivity index (χ2n) is 8.23. The summed E-state index contributed by atoms with van der Waals surface area (Å²) < 4.78 is 1.74. The number of aromatic amines is 1. The van der Waals surface area contributed by atoms with Crippen LogP contribution in [0.4, 0.5) is 5.82 Å². The maximum absolute atomic E-state index is 10.00. The Labute approximate surface area is 177 Å². The predicted molar refractivity (Wildman–Crippen MR) is 116 cm³/mol. The van der Waals surface area contributed by atoms with Gasteiger partial charge in [0.25, 0.3) is 0 Å². The molecule has 3 aromatic heterocycles. The second kappa shape index (κ2) is 6.87. The molecule has 8 nitrogen and oxygen atoms in total. The number of benzene rings is 1. The fourth-order valence-corrected chi connectivity index (χ4v) is 4.23. The Hall–Kier alpha value is -3.81. The molecule has 0 saturated heterocycles. The largest absolute Gasteiger partial charge is 0.494 e. The van der Waals surface area contributed by atoms with Crippen LogP contribution in [-0.2, 0) is 6.42 Å². The van der Waals surface area contributed by atoms with Crippen LogP contribution in [0, 0.1) is 0 Å². The van der Waals surface area contributed by atoms with Crippen LogP contribution >= 0.6 is 0 Å². The number of hydrogen-bond donors (Lipinski definition) is 4. The topological polar surface area (TPSA) is 111 Å². The van der Waals surface area contributed by atoms with Gasteiger partial charge in [0.2, 0.25) is 0 Å². The van der Waals surface area contributed by atoms with Crippen LogP contribution in [0.2, 0.25) is 0 Å². The van der Waals surface area contributed by atoms with Crippen LogP contribution in [0.1, 0.15) is 42.0 Å². The first-order valence-electron chi connectivity index (χ1n) is 10.5. The number of anilines is 1. The van der Waals surface area contributed by atoms with Gasteiger partial charge in [-0.05, 0) is 42.9 Å². The van der Waals surface area contributed by atoms with E-state index in [1.165, 1.54) is 17.2 Å². The minimum absolute atomic E-state index is 0.0974. The molecule has 0 aliphatic heterocycles. The van der Waals surface area contributed by atoms with Gasteiger partial charge in [0.15, 0.2) is 22.9 Å². The quantitative estimate of drug-likeness (QED) is 0.409.